The van der Waals surface area contributed by atoms with Gasteiger partial charge in [0.05, 0.1) is 50.6 Å². The average Bonchev–Trinajstić information content (AvgIpc) is 3.66. The van der Waals surface area contributed by atoms with Crippen molar-refractivity contribution in [3.05, 3.63) is 60.2 Å². The lowest BCUT2D eigenvalue weighted by Gasteiger charge is -2.30. The second-order valence-electron chi connectivity index (χ2n) is 10.7. The lowest BCUT2D eigenvalue weighted by atomic mass is 10.0. The second kappa shape index (κ2) is 15.1. The van der Waals surface area contributed by atoms with Gasteiger partial charge in [0.25, 0.3) is 0 Å². The van der Waals surface area contributed by atoms with Gasteiger partial charge in [-0.05, 0) is 56.0 Å². The van der Waals surface area contributed by atoms with Crippen LogP contribution in [0.2, 0.25) is 0 Å². The Labute approximate surface area is 248 Å². The molecular weight excluding hydrogens is 564 g/mol. The lowest BCUT2D eigenvalue weighted by Crippen LogP contribution is -2.51. The monoisotopic (exact) mass is 606 g/mol. The minimum atomic E-state index is -3.99. The van der Waals surface area contributed by atoms with Gasteiger partial charge < -0.3 is 34.1 Å². The molecule has 0 saturated carbocycles. The van der Waals surface area contributed by atoms with Gasteiger partial charge >= 0.3 is 6.09 Å². The van der Waals surface area contributed by atoms with Crippen molar-refractivity contribution in [1.82, 2.24) is 9.62 Å². The van der Waals surface area contributed by atoms with Crippen molar-refractivity contribution in [2.75, 3.05) is 46.6 Å². The fraction of sp³-hybridized carbons (Fsp3) is 0.567. The molecule has 0 aliphatic carbocycles. The van der Waals surface area contributed by atoms with Crippen LogP contribution in [0.15, 0.2) is 59.5 Å². The zero-order valence-corrected chi connectivity index (χ0v) is 25.1. The molecule has 0 radical (unpaired) electrons. The normalized spacial score (nSPS) is 19.9. The van der Waals surface area contributed by atoms with Crippen molar-refractivity contribution < 1.29 is 42.0 Å². The van der Waals surface area contributed by atoms with Gasteiger partial charge in [-0.15, -0.1) is 0 Å². The molecule has 4 rings (SSSR count). The molecule has 232 valence electrons. The summed E-state index contributed by atoms with van der Waals surface area (Å²) in [5.41, 5.74) is 0.875. The first-order valence-corrected chi connectivity index (χ1v) is 15.8. The fourth-order valence-corrected chi connectivity index (χ4v) is 6.57. The van der Waals surface area contributed by atoms with Crippen molar-refractivity contribution >= 4 is 16.1 Å². The number of carbonyl (C=O) groups excluding carboxylic acids is 1. The molecular formula is C30H42N2O9S. The predicted molar refractivity (Wildman–Crippen MR) is 155 cm³/mol. The van der Waals surface area contributed by atoms with Gasteiger partial charge in [-0.25, -0.2) is 13.2 Å². The van der Waals surface area contributed by atoms with E-state index in [1.165, 1.54) is 23.5 Å². The minimum absolute atomic E-state index is 0.0816. The first-order chi connectivity index (χ1) is 20.2. The molecule has 2 heterocycles. The molecule has 2 saturated heterocycles. The minimum Gasteiger partial charge on any atom is -0.497 e. The van der Waals surface area contributed by atoms with E-state index in [2.05, 4.69) is 5.32 Å². The molecule has 42 heavy (non-hydrogen) atoms. The molecule has 11 nitrogen and oxygen atoms in total. The summed E-state index contributed by atoms with van der Waals surface area (Å²) in [5, 5.41) is 14.2. The molecule has 3 atom stereocenters. The standard InChI is InChI=1S/C30H42N2O9S/c1-30(39-18-19-40-30)15-6-7-16-32(42(35,36)26-12-10-24(37-2)11-13-26)21-28(33)27(20-23-8-4-3-5-9-23)31-29(34)41-25-14-17-38-22-25/h3-5,8-13,25,27-28,33H,6-7,14-22H2,1-2H3,(H,31,34). The first kappa shape index (κ1) is 32.2. The van der Waals surface area contributed by atoms with Crippen LogP contribution in [0.4, 0.5) is 4.79 Å². The van der Waals surface area contributed by atoms with Gasteiger partial charge in [-0.2, -0.15) is 4.31 Å². The van der Waals surface area contributed by atoms with Crippen LogP contribution in [0.1, 0.15) is 38.2 Å². The van der Waals surface area contributed by atoms with E-state index in [1.54, 1.807) is 12.1 Å². The van der Waals surface area contributed by atoms with Gasteiger partial charge in [-0.3, -0.25) is 0 Å². The molecule has 2 N–H and O–H groups in total. The van der Waals surface area contributed by atoms with Crippen molar-refractivity contribution in [1.29, 1.82) is 0 Å². The Morgan fingerprint density at radius 3 is 2.45 bits per heavy atom. The van der Waals surface area contributed by atoms with Crippen LogP contribution in [-0.2, 0) is 35.4 Å². The third kappa shape index (κ3) is 9.13. The number of rotatable bonds is 15. The zero-order chi connectivity index (χ0) is 30.0. The van der Waals surface area contributed by atoms with E-state index in [9.17, 15) is 18.3 Å². The maximum absolute atomic E-state index is 13.8. The fourth-order valence-electron chi connectivity index (χ4n) is 5.07. The third-order valence-corrected chi connectivity index (χ3v) is 9.38. The summed E-state index contributed by atoms with van der Waals surface area (Å²) in [6.07, 6.45) is 0.393. The summed E-state index contributed by atoms with van der Waals surface area (Å²) >= 11 is 0. The zero-order valence-electron chi connectivity index (χ0n) is 24.3. The Bertz CT molecular complexity index is 1220. The SMILES string of the molecule is COc1ccc(S(=O)(=O)N(CCCCC2(C)OCCO2)CC(O)C(Cc2ccccc2)NC(=O)OC2CCOC2)cc1. The van der Waals surface area contributed by atoms with E-state index < -0.39 is 34.0 Å². The number of sulfonamides is 1. The van der Waals surface area contributed by atoms with Crippen LogP contribution in [-0.4, -0.2) is 94.6 Å². The highest BCUT2D eigenvalue weighted by Crippen LogP contribution is 2.26. The third-order valence-electron chi connectivity index (χ3n) is 7.50. The molecule has 2 aliphatic heterocycles. The molecule has 2 aliphatic rings. The number of amides is 1. The molecule has 2 aromatic carbocycles. The number of benzene rings is 2. The quantitative estimate of drug-likeness (QED) is 0.294. The van der Waals surface area contributed by atoms with Gasteiger partial charge in [0, 0.05) is 25.9 Å². The summed E-state index contributed by atoms with van der Waals surface area (Å²) < 4.78 is 56.2. The van der Waals surface area contributed by atoms with E-state index in [1.807, 2.05) is 37.3 Å². The van der Waals surface area contributed by atoms with Crippen molar-refractivity contribution in [3.8, 4) is 5.75 Å². The van der Waals surface area contributed by atoms with E-state index in [4.69, 9.17) is 23.7 Å². The number of aliphatic hydroxyl groups is 1. The second-order valence-corrected chi connectivity index (χ2v) is 12.7. The highest BCUT2D eigenvalue weighted by atomic mass is 32.2. The van der Waals surface area contributed by atoms with Crippen molar-refractivity contribution in [2.45, 2.75) is 68.0 Å². The Morgan fingerprint density at radius 1 is 1.10 bits per heavy atom. The van der Waals surface area contributed by atoms with Crippen LogP contribution in [0, 0.1) is 0 Å². The van der Waals surface area contributed by atoms with Crippen LogP contribution in [0.5, 0.6) is 5.75 Å². The number of nitrogens with one attached hydrogen (secondary N) is 1. The molecule has 0 bridgehead atoms. The average molecular weight is 607 g/mol. The Kier molecular flexibility index (Phi) is 11.6. The molecule has 3 unspecified atom stereocenters. The van der Waals surface area contributed by atoms with E-state index >= 15 is 0 Å². The Balaban J connectivity index is 1.50. The maximum Gasteiger partial charge on any atom is 0.407 e. The number of unbranched alkanes of at least 4 members (excludes halogenated alkanes) is 1. The number of methoxy groups -OCH3 is 1. The van der Waals surface area contributed by atoms with Crippen LogP contribution >= 0.6 is 0 Å². The number of alkyl carbamates (subject to hydrolysis) is 1. The summed E-state index contributed by atoms with van der Waals surface area (Å²) in [6, 6.07) is 14.7. The largest absolute Gasteiger partial charge is 0.497 e. The van der Waals surface area contributed by atoms with Gasteiger partial charge in [-0.1, -0.05) is 30.3 Å². The predicted octanol–water partition coefficient (Wildman–Crippen LogP) is 3.11. The smallest absolute Gasteiger partial charge is 0.407 e. The topological polar surface area (TPSA) is 133 Å². The number of carbonyl (C=O) groups is 1. The first-order valence-electron chi connectivity index (χ1n) is 14.4. The number of aliphatic hydroxyl groups excluding tert-OH is 1. The molecule has 0 aromatic heterocycles. The maximum atomic E-state index is 13.8. The highest BCUT2D eigenvalue weighted by Gasteiger charge is 2.33. The van der Waals surface area contributed by atoms with E-state index in [-0.39, 0.29) is 30.5 Å². The summed E-state index contributed by atoms with van der Waals surface area (Å²) in [7, 11) is -2.49. The van der Waals surface area contributed by atoms with Gasteiger partial charge in [0.1, 0.15) is 11.9 Å². The molecule has 0 spiro atoms. The van der Waals surface area contributed by atoms with E-state index in [0.29, 0.717) is 57.9 Å². The van der Waals surface area contributed by atoms with Crippen molar-refractivity contribution in [3.63, 3.8) is 0 Å². The summed E-state index contributed by atoms with van der Waals surface area (Å²) in [4.78, 5) is 12.8. The molecule has 12 heteroatoms. The Hall–Kier alpha value is -2.74. The summed E-state index contributed by atoms with van der Waals surface area (Å²) in [5.74, 6) is -0.141. The number of hydrogen-bond donors (Lipinski definition) is 2. The number of nitrogens with zero attached hydrogens (tertiary/aromatic N) is 1. The highest BCUT2D eigenvalue weighted by molar-refractivity contribution is 7.89. The molecule has 2 aromatic rings. The number of ether oxygens (including phenoxy) is 5. The molecule has 1 amide bonds. The Morgan fingerprint density at radius 2 is 1.81 bits per heavy atom. The van der Waals surface area contributed by atoms with Gasteiger partial charge in [0.2, 0.25) is 10.0 Å². The lowest BCUT2D eigenvalue weighted by molar-refractivity contribution is -0.147. The number of hydrogen-bond acceptors (Lipinski definition) is 9. The van der Waals surface area contributed by atoms with E-state index in [0.717, 1.165) is 5.56 Å². The van der Waals surface area contributed by atoms with Gasteiger partial charge in [0.15, 0.2) is 5.79 Å². The molecule has 2 fully saturated rings. The van der Waals surface area contributed by atoms with Crippen molar-refractivity contribution in [2.24, 2.45) is 0 Å². The van der Waals surface area contributed by atoms with Crippen LogP contribution < -0.4 is 10.1 Å². The van der Waals surface area contributed by atoms with Crippen LogP contribution in [0.25, 0.3) is 0 Å². The van der Waals surface area contributed by atoms with Crippen LogP contribution in [0.3, 0.4) is 0 Å². The summed E-state index contributed by atoms with van der Waals surface area (Å²) in [6.45, 7) is 3.71.